The number of ether oxygens (including phenoxy) is 2. The lowest BCUT2D eigenvalue weighted by atomic mass is 10.2. The molecule has 0 aliphatic heterocycles. The minimum Gasteiger partial charge on any atom is -0.493 e. The van der Waals surface area contributed by atoms with Crippen molar-refractivity contribution in [2.45, 2.75) is 13.5 Å². The number of carbonyl (C=O) groups is 1. The summed E-state index contributed by atoms with van der Waals surface area (Å²) in [7, 11) is 4.75. The second-order valence-electron chi connectivity index (χ2n) is 5.70. The van der Waals surface area contributed by atoms with E-state index in [0.717, 1.165) is 0 Å². The summed E-state index contributed by atoms with van der Waals surface area (Å²) in [6.07, 6.45) is 1.71. The van der Waals surface area contributed by atoms with Crippen LogP contribution in [0.1, 0.15) is 5.82 Å². The van der Waals surface area contributed by atoms with E-state index >= 15 is 0 Å². The van der Waals surface area contributed by atoms with Gasteiger partial charge in [0.15, 0.2) is 17.3 Å². The molecule has 1 N–H and O–H groups in total. The number of hydrogen-bond donors (Lipinski definition) is 1. The Morgan fingerprint density at radius 3 is 2.54 bits per heavy atom. The van der Waals surface area contributed by atoms with E-state index in [9.17, 15) is 9.59 Å². The smallest absolute Gasteiger partial charge is 0.262 e. The van der Waals surface area contributed by atoms with Gasteiger partial charge in [-0.1, -0.05) is 0 Å². The van der Waals surface area contributed by atoms with E-state index < -0.39 is 0 Å². The van der Waals surface area contributed by atoms with Gasteiger partial charge in [-0.05, 0) is 13.0 Å². The SMILES string of the molecule is COc1cc2nc(C)n(CC(=O)Nc3ccn(C)n3)c(=O)c2cc1OC. The van der Waals surface area contributed by atoms with Crippen molar-refractivity contribution in [2.75, 3.05) is 19.5 Å². The van der Waals surface area contributed by atoms with E-state index in [2.05, 4.69) is 15.4 Å². The number of carbonyl (C=O) groups excluding carboxylic acids is 1. The van der Waals surface area contributed by atoms with Crippen molar-refractivity contribution in [3.8, 4) is 11.5 Å². The fraction of sp³-hybridized carbons (Fsp3) is 0.294. The maximum absolute atomic E-state index is 12.8. The molecule has 0 bridgehead atoms. The highest BCUT2D eigenvalue weighted by Gasteiger charge is 2.15. The van der Waals surface area contributed by atoms with Crippen LogP contribution in [0.15, 0.2) is 29.2 Å². The van der Waals surface area contributed by atoms with Crippen molar-refractivity contribution < 1.29 is 14.3 Å². The summed E-state index contributed by atoms with van der Waals surface area (Å²) in [5.74, 6) is 1.38. The minimum absolute atomic E-state index is 0.168. The second-order valence-corrected chi connectivity index (χ2v) is 5.70. The van der Waals surface area contributed by atoms with Crippen LogP contribution < -0.4 is 20.3 Å². The molecule has 0 saturated heterocycles. The lowest BCUT2D eigenvalue weighted by molar-refractivity contribution is -0.116. The number of amides is 1. The van der Waals surface area contributed by atoms with Crippen LogP contribution in [0.3, 0.4) is 0 Å². The zero-order valence-electron chi connectivity index (χ0n) is 14.9. The third-order valence-electron chi connectivity index (χ3n) is 3.93. The maximum Gasteiger partial charge on any atom is 0.262 e. The minimum atomic E-state index is -0.365. The van der Waals surface area contributed by atoms with Crippen molar-refractivity contribution in [3.05, 3.63) is 40.6 Å². The zero-order valence-corrected chi connectivity index (χ0v) is 14.9. The van der Waals surface area contributed by atoms with Gasteiger partial charge in [0.1, 0.15) is 12.4 Å². The van der Waals surface area contributed by atoms with Gasteiger partial charge in [0.2, 0.25) is 5.91 Å². The van der Waals surface area contributed by atoms with E-state index in [-0.39, 0.29) is 18.0 Å². The van der Waals surface area contributed by atoms with Crippen molar-refractivity contribution in [2.24, 2.45) is 7.05 Å². The molecule has 0 saturated carbocycles. The number of aromatic nitrogens is 4. The third-order valence-corrected chi connectivity index (χ3v) is 3.93. The second kappa shape index (κ2) is 6.87. The molecule has 0 aliphatic rings. The molecule has 136 valence electrons. The largest absolute Gasteiger partial charge is 0.493 e. The van der Waals surface area contributed by atoms with Gasteiger partial charge in [-0.3, -0.25) is 18.8 Å². The Bertz CT molecular complexity index is 1040. The number of anilines is 1. The van der Waals surface area contributed by atoms with Crippen LogP contribution in [-0.2, 0) is 18.4 Å². The summed E-state index contributed by atoms with van der Waals surface area (Å²) in [4.78, 5) is 29.5. The lowest BCUT2D eigenvalue weighted by Crippen LogP contribution is -2.30. The first kappa shape index (κ1) is 17.5. The van der Waals surface area contributed by atoms with Gasteiger partial charge in [0.25, 0.3) is 5.56 Å². The molecule has 0 radical (unpaired) electrons. The lowest BCUT2D eigenvalue weighted by Gasteiger charge is -2.13. The summed E-state index contributed by atoms with van der Waals surface area (Å²) in [6.45, 7) is 1.50. The number of nitrogens with one attached hydrogen (secondary N) is 1. The molecule has 9 heteroatoms. The molecule has 0 unspecified atom stereocenters. The average molecular weight is 357 g/mol. The van der Waals surface area contributed by atoms with E-state index in [1.807, 2.05) is 0 Å². The fourth-order valence-corrected chi connectivity index (χ4v) is 2.65. The number of benzene rings is 1. The molecule has 2 aromatic heterocycles. The molecule has 9 nitrogen and oxygen atoms in total. The quantitative estimate of drug-likeness (QED) is 0.734. The highest BCUT2D eigenvalue weighted by Crippen LogP contribution is 2.30. The first-order valence-corrected chi connectivity index (χ1v) is 7.85. The van der Waals surface area contributed by atoms with E-state index in [1.54, 1.807) is 43.0 Å². The van der Waals surface area contributed by atoms with Crippen LogP contribution in [0, 0.1) is 6.92 Å². The number of aryl methyl sites for hydroxylation is 2. The van der Waals surface area contributed by atoms with Gasteiger partial charge in [-0.2, -0.15) is 5.10 Å². The number of methoxy groups -OCH3 is 2. The maximum atomic E-state index is 12.8. The normalized spacial score (nSPS) is 10.8. The van der Waals surface area contributed by atoms with Crippen molar-refractivity contribution in [1.82, 2.24) is 19.3 Å². The molecule has 1 amide bonds. The molecular formula is C17H19N5O4. The Kier molecular flexibility index (Phi) is 4.61. The van der Waals surface area contributed by atoms with Gasteiger partial charge >= 0.3 is 0 Å². The Labute approximate surface area is 149 Å². The number of fused-ring (bicyclic) bond motifs is 1. The van der Waals surface area contributed by atoms with Crippen LogP contribution in [0.4, 0.5) is 5.82 Å². The van der Waals surface area contributed by atoms with Crippen LogP contribution >= 0.6 is 0 Å². The Hall–Kier alpha value is -3.36. The molecule has 26 heavy (non-hydrogen) atoms. The molecule has 1 aromatic carbocycles. The number of hydrogen-bond acceptors (Lipinski definition) is 6. The summed E-state index contributed by atoms with van der Waals surface area (Å²) < 4.78 is 13.4. The Morgan fingerprint density at radius 2 is 1.92 bits per heavy atom. The summed E-state index contributed by atoms with van der Waals surface area (Å²) in [6, 6.07) is 4.88. The number of rotatable bonds is 5. The standard InChI is InChI=1S/C17H19N5O4/c1-10-18-12-8-14(26-4)13(25-3)7-11(12)17(24)22(10)9-16(23)19-15-5-6-21(2)20-15/h5-8H,9H2,1-4H3,(H,19,20,23). The molecule has 2 heterocycles. The molecule has 0 spiro atoms. The van der Waals surface area contributed by atoms with Crippen molar-refractivity contribution in [1.29, 1.82) is 0 Å². The molecule has 0 atom stereocenters. The molecule has 3 rings (SSSR count). The van der Waals surface area contributed by atoms with Crippen molar-refractivity contribution >= 4 is 22.6 Å². The molecular weight excluding hydrogens is 338 g/mol. The van der Waals surface area contributed by atoms with Crippen molar-refractivity contribution in [3.63, 3.8) is 0 Å². The first-order chi connectivity index (χ1) is 12.4. The molecule has 3 aromatic rings. The summed E-state index contributed by atoms with van der Waals surface area (Å²) in [5.41, 5.74) is 0.149. The highest BCUT2D eigenvalue weighted by molar-refractivity contribution is 5.90. The van der Waals surface area contributed by atoms with Gasteiger partial charge < -0.3 is 14.8 Å². The molecule has 0 fully saturated rings. The predicted molar refractivity (Wildman–Crippen MR) is 95.7 cm³/mol. The summed E-state index contributed by atoms with van der Waals surface area (Å²) in [5, 5.41) is 7.08. The zero-order chi connectivity index (χ0) is 18.8. The Balaban J connectivity index is 1.97. The average Bonchev–Trinajstić information content (AvgIpc) is 3.02. The Morgan fingerprint density at radius 1 is 1.23 bits per heavy atom. The topological polar surface area (TPSA) is 100 Å². The van der Waals surface area contributed by atoms with Gasteiger partial charge in [0.05, 0.1) is 25.1 Å². The highest BCUT2D eigenvalue weighted by atomic mass is 16.5. The van der Waals surface area contributed by atoms with Gasteiger partial charge in [-0.25, -0.2) is 4.98 Å². The van der Waals surface area contributed by atoms with E-state index in [4.69, 9.17) is 9.47 Å². The van der Waals surface area contributed by atoms with E-state index in [0.29, 0.717) is 34.0 Å². The monoisotopic (exact) mass is 357 g/mol. The van der Waals surface area contributed by atoms with Crippen LogP contribution in [0.25, 0.3) is 10.9 Å². The predicted octanol–water partition coefficient (Wildman–Crippen LogP) is 1.09. The van der Waals surface area contributed by atoms with Gasteiger partial charge in [0, 0.05) is 25.4 Å². The van der Waals surface area contributed by atoms with E-state index in [1.165, 1.54) is 18.8 Å². The first-order valence-electron chi connectivity index (χ1n) is 7.85. The van der Waals surface area contributed by atoms with Crippen LogP contribution in [-0.4, -0.2) is 39.5 Å². The molecule has 0 aliphatic carbocycles. The van der Waals surface area contributed by atoms with Crippen LogP contribution in [0.2, 0.25) is 0 Å². The fourth-order valence-electron chi connectivity index (χ4n) is 2.65. The number of nitrogens with zero attached hydrogens (tertiary/aromatic N) is 4. The van der Waals surface area contributed by atoms with Gasteiger partial charge in [-0.15, -0.1) is 0 Å². The third kappa shape index (κ3) is 3.23. The van der Waals surface area contributed by atoms with Crippen LogP contribution in [0.5, 0.6) is 11.5 Å². The summed E-state index contributed by atoms with van der Waals surface area (Å²) >= 11 is 0.